The molecule has 9 nitrogen and oxygen atoms in total. The first-order valence-corrected chi connectivity index (χ1v) is 10.9. The molecular formula is C23H31FN4O5. The summed E-state index contributed by atoms with van der Waals surface area (Å²) >= 11 is 0. The maximum atomic E-state index is 13.4. The van der Waals surface area contributed by atoms with Gasteiger partial charge < -0.3 is 25.4 Å². The number of hydrogen-bond acceptors (Lipinski definition) is 6. The number of carbonyl (C=O) groups excluding carboxylic acids is 3. The SMILES string of the molecule is COC(=O)C1=C(CN2CCC(NC(=O)OC(C)(C)C)CC2)NC(=O)N[C@@H]1c1ccc(F)cc1. The number of halogens is 1. The molecule has 0 bridgehead atoms. The lowest BCUT2D eigenvalue weighted by molar-refractivity contribution is -0.136. The number of carbonyl (C=O) groups is 3. The van der Waals surface area contributed by atoms with Crippen molar-refractivity contribution in [2.24, 2.45) is 0 Å². The fourth-order valence-corrected chi connectivity index (χ4v) is 3.93. The van der Waals surface area contributed by atoms with E-state index in [0.29, 0.717) is 43.7 Å². The zero-order valence-corrected chi connectivity index (χ0v) is 19.4. The van der Waals surface area contributed by atoms with Crippen LogP contribution in [-0.2, 0) is 14.3 Å². The number of esters is 1. The highest BCUT2D eigenvalue weighted by Gasteiger charge is 2.34. The van der Waals surface area contributed by atoms with Crippen LogP contribution >= 0.6 is 0 Å². The van der Waals surface area contributed by atoms with Gasteiger partial charge in [-0.15, -0.1) is 0 Å². The Labute approximate surface area is 192 Å². The van der Waals surface area contributed by atoms with E-state index in [9.17, 15) is 18.8 Å². The molecule has 0 aliphatic carbocycles. The third-order valence-corrected chi connectivity index (χ3v) is 5.45. The van der Waals surface area contributed by atoms with Crippen molar-refractivity contribution >= 4 is 18.1 Å². The Morgan fingerprint density at radius 3 is 2.39 bits per heavy atom. The molecule has 2 heterocycles. The first-order chi connectivity index (χ1) is 15.6. The van der Waals surface area contributed by atoms with Gasteiger partial charge in [0.05, 0.1) is 18.7 Å². The summed E-state index contributed by atoms with van der Waals surface area (Å²) < 4.78 is 23.7. The van der Waals surface area contributed by atoms with Gasteiger partial charge in [-0.3, -0.25) is 4.90 Å². The molecule has 2 aliphatic heterocycles. The van der Waals surface area contributed by atoms with E-state index in [1.165, 1.54) is 31.4 Å². The van der Waals surface area contributed by atoms with E-state index in [4.69, 9.17) is 9.47 Å². The van der Waals surface area contributed by atoms with Gasteiger partial charge in [0.25, 0.3) is 0 Å². The summed E-state index contributed by atoms with van der Waals surface area (Å²) in [5.74, 6) is -0.987. The Hall–Kier alpha value is -3.14. The van der Waals surface area contributed by atoms with E-state index in [2.05, 4.69) is 20.9 Å². The number of benzene rings is 1. The number of hydrogen-bond donors (Lipinski definition) is 3. The van der Waals surface area contributed by atoms with E-state index in [0.717, 1.165) is 0 Å². The number of piperidine rings is 1. The van der Waals surface area contributed by atoms with Gasteiger partial charge in [0, 0.05) is 31.4 Å². The third-order valence-electron chi connectivity index (χ3n) is 5.45. The Bertz CT molecular complexity index is 918. The highest BCUT2D eigenvalue weighted by molar-refractivity contribution is 5.95. The molecule has 0 aromatic heterocycles. The van der Waals surface area contributed by atoms with Gasteiger partial charge in [0.2, 0.25) is 0 Å². The first kappa shape index (κ1) is 24.5. The molecule has 3 N–H and O–H groups in total. The van der Waals surface area contributed by atoms with Gasteiger partial charge in [0.1, 0.15) is 11.4 Å². The van der Waals surface area contributed by atoms with Gasteiger partial charge >= 0.3 is 18.1 Å². The Morgan fingerprint density at radius 1 is 1.18 bits per heavy atom. The second-order valence-corrected chi connectivity index (χ2v) is 9.16. The van der Waals surface area contributed by atoms with Crippen molar-refractivity contribution in [1.29, 1.82) is 0 Å². The van der Waals surface area contributed by atoms with Gasteiger partial charge in [-0.1, -0.05) is 12.1 Å². The summed E-state index contributed by atoms with van der Waals surface area (Å²) in [4.78, 5) is 39.1. The normalized spacial score (nSPS) is 20.0. The molecule has 0 radical (unpaired) electrons. The highest BCUT2D eigenvalue weighted by Crippen LogP contribution is 2.28. The lowest BCUT2D eigenvalue weighted by Gasteiger charge is -2.35. The van der Waals surface area contributed by atoms with Crippen LogP contribution in [0.1, 0.15) is 45.2 Å². The minimum absolute atomic E-state index is 0.0141. The molecule has 1 saturated heterocycles. The van der Waals surface area contributed by atoms with Crippen LogP contribution in [0.5, 0.6) is 0 Å². The van der Waals surface area contributed by atoms with E-state index < -0.39 is 35.6 Å². The molecule has 1 fully saturated rings. The largest absolute Gasteiger partial charge is 0.466 e. The standard InChI is InChI=1S/C23H31FN4O5/c1-23(2,3)33-22(31)25-16-9-11-28(12-10-16)13-17-18(20(29)32-4)19(27-21(30)26-17)14-5-7-15(24)8-6-14/h5-8,16,19H,9-13H2,1-4H3,(H,25,31)(H2,26,27,30)/t19-/m1/s1. The number of methoxy groups -OCH3 is 1. The van der Waals surface area contributed by atoms with Crippen LogP contribution in [0, 0.1) is 5.82 Å². The van der Waals surface area contributed by atoms with Crippen LogP contribution in [0.3, 0.4) is 0 Å². The fourth-order valence-electron chi connectivity index (χ4n) is 3.93. The van der Waals surface area contributed by atoms with Crippen molar-refractivity contribution in [3.8, 4) is 0 Å². The van der Waals surface area contributed by atoms with Crippen molar-refractivity contribution in [3.63, 3.8) is 0 Å². The van der Waals surface area contributed by atoms with E-state index >= 15 is 0 Å². The molecule has 0 unspecified atom stereocenters. The minimum atomic E-state index is -0.756. The van der Waals surface area contributed by atoms with Crippen LogP contribution in [0.4, 0.5) is 14.0 Å². The smallest absolute Gasteiger partial charge is 0.407 e. The van der Waals surface area contributed by atoms with Crippen molar-refractivity contribution < 1.29 is 28.2 Å². The van der Waals surface area contributed by atoms with Crippen LogP contribution in [0.2, 0.25) is 0 Å². The lowest BCUT2D eigenvalue weighted by Crippen LogP contribution is -2.50. The van der Waals surface area contributed by atoms with Gasteiger partial charge in [-0.25, -0.2) is 18.8 Å². The molecule has 1 aromatic rings. The summed E-state index contributed by atoms with van der Waals surface area (Å²) in [6, 6.07) is 4.39. The van der Waals surface area contributed by atoms with E-state index in [1.807, 2.05) is 20.8 Å². The number of nitrogens with one attached hydrogen (secondary N) is 3. The van der Waals surface area contributed by atoms with Crippen molar-refractivity contribution in [1.82, 2.24) is 20.9 Å². The zero-order chi connectivity index (χ0) is 24.2. The van der Waals surface area contributed by atoms with Gasteiger partial charge in [0.15, 0.2) is 0 Å². The van der Waals surface area contributed by atoms with Crippen LogP contribution in [0.25, 0.3) is 0 Å². The quantitative estimate of drug-likeness (QED) is 0.581. The number of urea groups is 1. The number of nitrogens with zero attached hydrogens (tertiary/aromatic N) is 1. The maximum Gasteiger partial charge on any atom is 0.407 e. The average Bonchev–Trinajstić information content (AvgIpc) is 2.73. The Kier molecular flexibility index (Phi) is 7.57. The molecule has 1 atom stereocenters. The monoisotopic (exact) mass is 462 g/mol. The molecule has 180 valence electrons. The van der Waals surface area contributed by atoms with Crippen molar-refractivity contribution in [2.45, 2.75) is 51.3 Å². The zero-order valence-electron chi connectivity index (χ0n) is 19.4. The van der Waals surface area contributed by atoms with Gasteiger partial charge in [-0.2, -0.15) is 0 Å². The maximum absolute atomic E-state index is 13.4. The first-order valence-electron chi connectivity index (χ1n) is 10.9. The molecule has 3 rings (SSSR count). The lowest BCUT2D eigenvalue weighted by atomic mass is 9.94. The minimum Gasteiger partial charge on any atom is -0.466 e. The summed E-state index contributed by atoms with van der Waals surface area (Å²) in [6.45, 7) is 7.08. The Balaban J connectivity index is 1.71. The Morgan fingerprint density at radius 2 is 1.82 bits per heavy atom. The number of rotatable bonds is 5. The molecular weight excluding hydrogens is 431 g/mol. The van der Waals surface area contributed by atoms with E-state index in [-0.39, 0.29) is 11.6 Å². The summed E-state index contributed by atoms with van der Waals surface area (Å²) in [6.07, 6.45) is 0.964. The van der Waals surface area contributed by atoms with E-state index in [1.54, 1.807) is 0 Å². The second-order valence-electron chi connectivity index (χ2n) is 9.16. The average molecular weight is 463 g/mol. The van der Waals surface area contributed by atoms with Crippen molar-refractivity contribution in [2.75, 3.05) is 26.7 Å². The predicted molar refractivity (Wildman–Crippen MR) is 119 cm³/mol. The fraction of sp³-hybridized carbons (Fsp3) is 0.522. The predicted octanol–water partition coefficient (Wildman–Crippen LogP) is 2.60. The number of alkyl carbamates (subject to hydrolysis) is 1. The summed E-state index contributed by atoms with van der Waals surface area (Å²) in [5.41, 5.74) is 0.733. The van der Waals surface area contributed by atoms with Crippen LogP contribution in [0.15, 0.2) is 35.5 Å². The molecule has 10 heteroatoms. The molecule has 0 saturated carbocycles. The number of amides is 3. The molecule has 33 heavy (non-hydrogen) atoms. The molecule has 0 spiro atoms. The topological polar surface area (TPSA) is 109 Å². The third kappa shape index (κ3) is 6.67. The summed E-state index contributed by atoms with van der Waals surface area (Å²) in [7, 11) is 1.28. The van der Waals surface area contributed by atoms with Crippen LogP contribution in [-0.4, -0.2) is 61.4 Å². The number of likely N-dealkylation sites (tertiary alicyclic amines) is 1. The van der Waals surface area contributed by atoms with Gasteiger partial charge in [-0.05, 0) is 51.3 Å². The molecule has 1 aromatic carbocycles. The molecule has 3 amide bonds. The van der Waals surface area contributed by atoms with Crippen molar-refractivity contribution in [3.05, 3.63) is 46.9 Å². The molecule has 2 aliphatic rings. The number of ether oxygens (including phenoxy) is 2. The highest BCUT2D eigenvalue weighted by atomic mass is 19.1. The van der Waals surface area contributed by atoms with Crippen LogP contribution < -0.4 is 16.0 Å². The summed E-state index contributed by atoms with van der Waals surface area (Å²) in [5, 5.41) is 8.34. The second kappa shape index (κ2) is 10.2.